The fourth-order valence-electron chi connectivity index (χ4n) is 2.10. The third kappa shape index (κ3) is 2.85. The van der Waals surface area contributed by atoms with Crippen molar-refractivity contribution in [2.24, 2.45) is 0 Å². The Balaban J connectivity index is 2.37. The van der Waals surface area contributed by atoms with Crippen LogP contribution < -0.4 is 5.32 Å². The third-order valence-electron chi connectivity index (χ3n) is 2.81. The molecule has 0 saturated carbocycles. The first kappa shape index (κ1) is 13.4. The Labute approximate surface area is 110 Å². The van der Waals surface area contributed by atoms with Gasteiger partial charge in [-0.3, -0.25) is 4.40 Å². The second kappa shape index (κ2) is 5.27. The van der Waals surface area contributed by atoms with Gasteiger partial charge in [0.15, 0.2) is 11.5 Å². The van der Waals surface area contributed by atoms with Crippen molar-refractivity contribution in [1.29, 1.82) is 0 Å². The zero-order chi connectivity index (χ0) is 14.0. The van der Waals surface area contributed by atoms with E-state index in [-0.39, 0.29) is 11.7 Å². The minimum Gasteiger partial charge on any atom is -0.476 e. The number of carboxylic acids is 1. The van der Waals surface area contributed by atoms with Crippen LogP contribution in [0.25, 0.3) is 5.65 Å². The number of pyridine rings is 1. The Bertz CT molecular complexity index is 592. The molecule has 0 aliphatic heterocycles. The maximum atomic E-state index is 11.4. The highest BCUT2D eigenvalue weighted by molar-refractivity contribution is 5.93. The van der Waals surface area contributed by atoms with E-state index >= 15 is 0 Å². The third-order valence-corrected chi connectivity index (χ3v) is 2.81. The summed E-state index contributed by atoms with van der Waals surface area (Å²) in [6.07, 6.45) is 1.73. The molecule has 0 fully saturated rings. The second-order valence-corrected chi connectivity index (χ2v) is 4.67. The van der Waals surface area contributed by atoms with Crippen LogP contribution in [0.15, 0.2) is 24.4 Å². The normalized spacial score (nSPS) is 14.3. The first-order valence-corrected chi connectivity index (χ1v) is 6.14. The Hall–Kier alpha value is -2.08. The van der Waals surface area contributed by atoms with Gasteiger partial charge in [-0.1, -0.05) is 6.07 Å². The number of aromatic carboxylic acids is 1. The van der Waals surface area contributed by atoms with Gasteiger partial charge in [0.25, 0.3) is 0 Å². The van der Waals surface area contributed by atoms with Crippen LogP contribution in [0.4, 0.5) is 5.82 Å². The molecule has 19 heavy (non-hydrogen) atoms. The van der Waals surface area contributed by atoms with Gasteiger partial charge in [0.1, 0.15) is 5.65 Å². The lowest BCUT2D eigenvalue weighted by Gasteiger charge is -2.15. The average Bonchev–Trinajstić information content (AvgIpc) is 2.64. The molecule has 3 N–H and O–H groups in total. The maximum absolute atomic E-state index is 11.4. The van der Waals surface area contributed by atoms with Crippen molar-refractivity contribution in [1.82, 2.24) is 9.38 Å². The lowest BCUT2D eigenvalue weighted by Crippen LogP contribution is -2.22. The Morgan fingerprint density at radius 1 is 1.47 bits per heavy atom. The molecule has 2 aromatic rings. The summed E-state index contributed by atoms with van der Waals surface area (Å²) in [6.45, 7) is 3.57. The molecule has 0 aromatic carbocycles. The maximum Gasteiger partial charge on any atom is 0.356 e. The highest BCUT2D eigenvalue weighted by Gasteiger charge is 2.19. The average molecular weight is 263 g/mol. The molecule has 2 rings (SSSR count). The van der Waals surface area contributed by atoms with Gasteiger partial charge in [-0.2, -0.15) is 0 Å². The number of nitrogens with zero attached hydrogens (tertiary/aromatic N) is 2. The molecule has 102 valence electrons. The summed E-state index contributed by atoms with van der Waals surface area (Å²) < 4.78 is 1.53. The van der Waals surface area contributed by atoms with Crippen LogP contribution in [0.5, 0.6) is 0 Å². The quantitative estimate of drug-likeness (QED) is 0.762. The summed E-state index contributed by atoms with van der Waals surface area (Å²) in [5.41, 5.74) is 0.680. The largest absolute Gasteiger partial charge is 0.476 e. The zero-order valence-electron chi connectivity index (χ0n) is 10.9. The predicted molar refractivity (Wildman–Crippen MR) is 71.5 cm³/mol. The molecule has 0 aliphatic rings. The Kier molecular flexibility index (Phi) is 3.71. The number of anilines is 1. The van der Waals surface area contributed by atoms with Gasteiger partial charge in [0, 0.05) is 12.2 Å². The van der Waals surface area contributed by atoms with Crippen LogP contribution in [0.2, 0.25) is 0 Å². The SMILES string of the molecule is CC(O)CC(C)Nc1nc2ccccn2c1C(=O)O. The number of carbonyl (C=O) groups is 1. The monoisotopic (exact) mass is 263 g/mol. The Morgan fingerprint density at radius 3 is 2.84 bits per heavy atom. The van der Waals surface area contributed by atoms with Gasteiger partial charge in [0.05, 0.1) is 6.10 Å². The van der Waals surface area contributed by atoms with Crippen molar-refractivity contribution >= 4 is 17.4 Å². The van der Waals surface area contributed by atoms with Crippen molar-refractivity contribution in [2.75, 3.05) is 5.32 Å². The zero-order valence-corrected chi connectivity index (χ0v) is 10.9. The summed E-state index contributed by atoms with van der Waals surface area (Å²) in [5, 5.41) is 21.7. The van der Waals surface area contributed by atoms with E-state index in [0.717, 1.165) is 0 Å². The number of fused-ring (bicyclic) bond motifs is 1. The fraction of sp³-hybridized carbons (Fsp3) is 0.385. The minimum absolute atomic E-state index is 0.0667. The molecule has 2 atom stereocenters. The molecular weight excluding hydrogens is 246 g/mol. The molecule has 2 heterocycles. The van der Waals surface area contributed by atoms with Crippen molar-refractivity contribution in [3.8, 4) is 0 Å². The summed E-state index contributed by atoms with van der Waals surface area (Å²) in [7, 11) is 0. The van der Waals surface area contributed by atoms with E-state index in [0.29, 0.717) is 17.9 Å². The molecular formula is C13H17N3O3. The van der Waals surface area contributed by atoms with Crippen LogP contribution >= 0.6 is 0 Å². The van der Waals surface area contributed by atoms with Crippen LogP contribution in [0, 0.1) is 0 Å². The lowest BCUT2D eigenvalue weighted by molar-refractivity contribution is 0.0690. The van der Waals surface area contributed by atoms with E-state index in [4.69, 9.17) is 0 Å². The van der Waals surface area contributed by atoms with Crippen LogP contribution in [-0.4, -0.2) is 37.7 Å². The number of aliphatic hydroxyl groups excluding tert-OH is 1. The van der Waals surface area contributed by atoms with Crippen molar-refractivity contribution in [3.63, 3.8) is 0 Å². The number of carboxylic acid groups (broad SMARTS) is 1. The fourth-order valence-corrected chi connectivity index (χ4v) is 2.10. The molecule has 2 aromatic heterocycles. The number of aromatic nitrogens is 2. The second-order valence-electron chi connectivity index (χ2n) is 4.67. The molecule has 2 unspecified atom stereocenters. The first-order chi connectivity index (χ1) is 8.99. The topological polar surface area (TPSA) is 86.9 Å². The Morgan fingerprint density at radius 2 is 2.21 bits per heavy atom. The van der Waals surface area contributed by atoms with Crippen molar-refractivity contribution < 1.29 is 15.0 Å². The van der Waals surface area contributed by atoms with Crippen molar-refractivity contribution in [3.05, 3.63) is 30.1 Å². The van der Waals surface area contributed by atoms with Gasteiger partial charge in [-0.15, -0.1) is 0 Å². The predicted octanol–water partition coefficient (Wildman–Crippen LogP) is 1.60. The van der Waals surface area contributed by atoms with Crippen LogP contribution in [0.1, 0.15) is 30.8 Å². The molecule has 0 radical (unpaired) electrons. The lowest BCUT2D eigenvalue weighted by atomic mass is 10.1. The molecule has 0 bridgehead atoms. The highest BCUT2D eigenvalue weighted by atomic mass is 16.4. The van der Waals surface area contributed by atoms with Crippen LogP contribution in [-0.2, 0) is 0 Å². The smallest absolute Gasteiger partial charge is 0.356 e. The molecule has 0 spiro atoms. The van der Waals surface area contributed by atoms with E-state index in [1.165, 1.54) is 4.40 Å². The van der Waals surface area contributed by atoms with E-state index in [1.54, 1.807) is 31.3 Å². The highest BCUT2D eigenvalue weighted by Crippen LogP contribution is 2.19. The van der Waals surface area contributed by atoms with Gasteiger partial charge >= 0.3 is 5.97 Å². The molecule has 0 aliphatic carbocycles. The van der Waals surface area contributed by atoms with Gasteiger partial charge in [-0.05, 0) is 32.4 Å². The van der Waals surface area contributed by atoms with Gasteiger partial charge in [-0.25, -0.2) is 9.78 Å². The number of aliphatic hydroxyl groups is 1. The number of nitrogens with one attached hydrogen (secondary N) is 1. The number of hydrogen-bond donors (Lipinski definition) is 3. The minimum atomic E-state index is -1.04. The van der Waals surface area contributed by atoms with Crippen LogP contribution in [0.3, 0.4) is 0 Å². The molecule has 6 heteroatoms. The van der Waals surface area contributed by atoms with E-state index in [9.17, 15) is 15.0 Å². The first-order valence-electron chi connectivity index (χ1n) is 6.14. The van der Waals surface area contributed by atoms with E-state index < -0.39 is 12.1 Å². The molecule has 0 saturated heterocycles. The standard InChI is InChI=1S/C13H17N3O3/c1-8(7-9(2)17)14-12-11(13(18)19)16-6-4-3-5-10(16)15-12/h3-6,8-9,14,17H,7H2,1-2H3,(H,18,19). The van der Waals surface area contributed by atoms with E-state index in [1.807, 2.05) is 6.92 Å². The van der Waals surface area contributed by atoms with E-state index in [2.05, 4.69) is 10.3 Å². The molecule has 0 amide bonds. The van der Waals surface area contributed by atoms with Crippen molar-refractivity contribution in [2.45, 2.75) is 32.4 Å². The van der Waals surface area contributed by atoms with Gasteiger partial charge < -0.3 is 15.5 Å². The number of hydrogen-bond acceptors (Lipinski definition) is 4. The summed E-state index contributed by atoms with van der Waals surface area (Å²) in [5.74, 6) is -0.711. The summed E-state index contributed by atoms with van der Waals surface area (Å²) in [6, 6.07) is 5.24. The summed E-state index contributed by atoms with van der Waals surface area (Å²) in [4.78, 5) is 15.6. The molecule has 6 nitrogen and oxygen atoms in total. The van der Waals surface area contributed by atoms with Gasteiger partial charge in [0.2, 0.25) is 0 Å². The number of rotatable bonds is 5. The summed E-state index contributed by atoms with van der Waals surface area (Å²) >= 11 is 0. The number of imidazole rings is 1.